The van der Waals surface area contributed by atoms with Gasteiger partial charge in [-0.05, 0) is 53.8 Å². The van der Waals surface area contributed by atoms with Gasteiger partial charge in [0.1, 0.15) is 5.82 Å². The van der Waals surface area contributed by atoms with Crippen molar-refractivity contribution >= 4 is 23.1 Å². The molecule has 1 unspecified atom stereocenters. The van der Waals surface area contributed by atoms with Gasteiger partial charge in [-0.3, -0.25) is 9.36 Å². The van der Waals surface area contributed by atoms with Gasteiger partial charge in [-0.1, -0.05) is 59.9 Å². The van der Waals surface area contributed by atoms with Gasteiger partial charge in [-0.15, -0.1) is 0 Å². The monoisotopic (exact) mass is 498 g/mol. The molecular weight excluding hydrogens is 475 g/mol. The predicted molar refractivity (Wildman–Crippen MR) is 139 cm³/mol. The SMILES string of the molecule is COc1cccc(C=c2sc3n(c2=O)C(c2ccc(F)cc2)C2=C(N=3)c3ccccc3CC2)c1OC. The van der Waals surface area contributed by atoms with E-state index < -0.39 is 0 Å². The molecule has 7 heteroatoms. The highest BCUT2D eigenvalue weighted by molar-refractivity contribution is 7.07. The molecule has 0 saturated heterocycles. The van der Waals surface area contributed by atoms with Crippen LogP contribution in [0.15, 0.2) is 82.1 Å². The van der Waals surface area contributed by atoms with Gasteiger partial charge < -0.3 is 9.47 Å². The Morgan fingerprint density at radius 3 is 2.58 bits per heavy atom. The van der Waals surface area contributed by atoms with Crippen molar-refractivity contribution in [1.82, 2.24) is 4.57 Å². The van der Waals surface area contributed by atoms with Crippen LogP contribution in [-0.4, -0.2) is 18.8 Å². The highest BCUT2D eigenvalue weighted by Gasteiger charge is 2.32. The molecule has 1 aliphatic carbocycles. The number of aromatic nitrogens is 1. The maximum Gasteiger partial charge on any atom is 0.271 e. The van der Waals surface area contributed by atoms with Crippen molar-refractivity contribution in [3.8, 4) is 11.5 Å². The molecule has 0 bridgehead atoms. The Labute approximate surface area is 211 Å². The Kier molecular flexibility index (Phi) is 5.57. The van der Waals surface area contributed by atoms with Gasteiger partial charge in [0.2, 0.25) is 0 Å². The first-order valence-corrected chi connectivity index (χ1v) is 12.5. The Hall–Kier alpha value is -3.97. The molecule has 0 amide bonds. The van der Waals surface area contributed by atoms with Crippen molar-refractivity contribution in [2.24, 2.45) is 4.99 Å². The van der Waals surface area contributed by atoms with E-state index in [9.17, 15) is 9.18 Å². The largest absolute Gasteiger partial charge is 0.493 e. The molecule has 2 aliphatic rings. The number of fused-ring (bicyclic) bond motifs is 3. The minimum absolute atomic E-state index is 0.136. The van der Waals surface area contributed by atoms with Crippen molar-refractivity contribution in [2.45, 2.75) is 18.9 Å². The topological polar surface area (TPSA) is 52.8 Å². The molecule has 1 aliphatic heterocycles. The van der Waals surface area contributed by atoms with Gasteiger partial charge in [-0.25, -0.2) is 9.38 Å². The van der Waals surface area contributed by atoms with Crippen LogP contribution in [0.1, 0.15) is 34.7 Å². The first kappa shape index (κ1) is 22.5. The molecule has 0 N–H and O–H groups in total. The number of hydrogen-bond acceptors (Lipinski definition) is 5. The summed E-state index contributed by atoms with van der Waals surface area (Å²) in [7, 11) is 3.16. The van der Waals surface area contributed by atoms with Gasteiger partial charge >= 0.3 is 0 Å². The number of methoxy groups -OCH3 is 2. The third-order valence-corrected chi connectivity index (χ3v) is 7.76. The zero-order chi connectivity index (χ0) is 24.8. The summed E-state index contributed by atoms with van der Waals surface area (Å²) in [5.74, 6) is 0.851. The van der Waals surface area contributed by atoms with Crippen molar-refractivity contribution in [1.29, 1.82) is 0 Å². The van der Waals surface area contributed by atoms with E-state index in [-0.39, 0.29) is 17.4 Å². The third-order valence-electron chi connectivity index (χ3n) is 6.78. The summed E-state index contributed by atoms with van der Waals surface area (Å²) in [5.41, 5.74) is 5.81. The molecule has 1 atom stereocenters. The van der Waals surface area contributed by atoms with Crippen LogP contribution in [0.3, 0.4) is 0 Å². The molecule has 0 radical (unpaired) electrons. The van der Waals surface area contributed by atoms with Crippen molar-refractivity contribution in [3.63, 3.8) is 0 Å². The van der Waals surface area contributed by atoms with Crippen LogP contribution < -0.4 is 24.4 Å². The predicted octanol–water partition coefficient (Wildman–Crippen LogP) is 4.48. The molecule has 180 valence electrons. The molecule has 1 aromatic heterocycles. The van der Waals surface area contributed by atoms with E-state index in [1.165, 1.54) is 29.0 Å². The molecular formula is C29H23FN2O3S. The van der Waals surface area contributed by atoms with E-state index in [1.807, 2.05) is 36.4 Å². The summed E-state index contributed by atoms with van der Waals surface area (Å²) in [6.45, 7) is 0. The summed E-state index contributed by atoms with van der Waals surface area (Å²) < 4.78 is 27.1. The van der Waals surface area contributed by atoms with Gasteiger partial charge in [0.05, 0.1) is 30.5 Å². The lowest BCUT2D eigenvalue weighted by molar-refractivity contribution is 0.354. The van der Waals surface area contributed by atoms with Crippen LogP contribution in [-0.2, 0) is 6.42 Å². The molecule has 5 nitrogen and oxygen atoms in total. The lowest BCUT2D eigenvalue weighted by Gasteiger charge is -2.30. The fraction of sp³-hybridized carbons (Fsp3) is 0.172. The van der Waals surface area contributed by atoms with Gasteiger partial charge in [0.25, 0.3) is 5.56 Å². The number of benzene rings is 3. The number of ether oxygens (including phenoxy) is 2. The second kappa shape index (κ2) is 8.91. The van der Waals surface area contributed by atoms with Crippen LogP contribution in [0.4, 0.5) is 4.39 Å². The molecule has 0 spiro atoms. The summed E-state index contributed by atoms with van der Waals surface area (Å²) in [4.78, 5) is 19.5. The third kappa shape index (κ3) is 3.58. The average molecular weight is 499 g/mol. The maximum atomic E-state index is 13.9. The summed E-state index contributed by atoms with van der Waals surface area (Å²) >= 11 is 1.35. The van der Waals surface area contributed by atoms with Crippen LogP contribution >= 0.6 is 11.3 Å². The fourth-order valence-corrected chi connectivity index (χ4v) is 6.13. The standard InChI is InChI=1S/C29H23FN2O3S/c1-34-23-9-5-7-19(27(23)35-2)16-24-28(33)32-26(18-10-13-20(30)14-11-18)22-15-12-17-6-3-4-8-21(17)25(22)31-29(32)36-24/h3-11,13-14,16,26H,12,15H2,1-2H3. The van der Waals surface area contributed by atoms with E-state index in [2.05, 4.69) is 12.1 Å². The first-order chi connectivity index (χ1) is 17.6. The van der Waals surface area contributed by atoms with Crippen molar-refractivity contribution in [3.05, 3.63) is 120 Å². The second-order valence-corrected chi connectivity index (χ2v) is 9.76. The Balaban J connectivity index is 1.62. The molecule has 2 heterocycles. The van der Waals surface area contributed by atoms with Crippen molar-refractivity contribution < 1.29 is 13.9 Å². The van der Waals surface area contributed by atoms with Crippen LogP contribution in [0.5, 0.6) is 11.5 Å². The van der Waals surface area contributed by atoms with E-state index >= 15 is 0 Å². The number of thiazole rings is 1. The van der Waals surface area contributed by atoms with E-state index in [1.54, 1.807) is 30.9 Å². The number of allylic oxidation sites excluding steroid dienone is 1. The normalized spacial score (nSPS) is 16.6. The minimum Gasteiger partial charge on any atom is -0.493 e. The highest BCUT2D eigenvalue weighted by atomic mass is 32.1. The van der Waals surface area contributed by atoms with Crippen LogP contribution in [0, 0.1) is 5.82 Å². The Bertz CT molecular complexity index is 1700. The summed E-state index contributed by atoms with van der Waals surface area (Å²) in [6, 6.07) is 19.9. The molecule has 4 aromatic rings. The lowest BCUT2D eigenvalue weighted by atomic mass is 9.83. The molecule has 36 heavy (non-hydrogen) atoms. The highest BCUT2D eigenvalue weighted by Crippen LogP contribution is 2.41. The van der Waals surface area contributed by atoms with Gasteiger partial charge in [0, 0.05) is 11.1 Å². The Morgan fingerprint density at radius 1 is 1.00 bits per heavy atom. The fourth-order valence-electron chi connectivity index (χ4n) is 5.13. The number of rotatable bonds is 4. The molecule has 0 saturated carbocycles. The number of hydrogen-bond donors (Lipinski definition) is 0. The van der Waals surface area contributed by atoms with Crippen LogP contribution in [0.2, 0.25) is 0 Å². The van der Waals surface area contributed by atoms with E-state index in [0.29, 0.717) is 20.8 Å². The zero-order valence-corrected chi connectivity index (χ0v) is 20.6. The Morgan fingerprint density at radius 2 is 1.81 bits per heavy atom. The van der Waals surface area contributed by atoms with Crippen LogP contribution in [0.25, 0.3) is 11.8 Å². The zero-order valence-electron chi connectivity index (χ0n) is 19.8. The molecule has 0 fully saturated rings. The first-order valence-electron chi connectivity index (χ1n) is 11.7. The van der Waals surface area contributed by atoms with Gasteiger partial charge in [-0.2, -0.15) is 0 Å². The molecule has 3 aromatic carbocycles. The minimum atomic E-state index is -0.348. The second-order valence-electron chi connectivity index (χ2n) is 8.75. The maximum absolute atomic E-state index is 13.9. The number of nitrogens with zero attached hydrogens (tertiary/aromatic N) is 2. The lowest BCUT2D eigenvalue weighted by Crippen LogP contribution is -2.38. The van der Waals surface area contributed by atoms with E-state index in [0.717, 1.165) is 40.8 Å². The summed E-state index contributed by atoms with van der Waals surface area (Å²) in [6.07, 6.45) is 3.47. The number of aryl methyl sites for hydroxylation is 1. The quantitative estimate of drug-likeness (QED) is 0.417. The summed E-state index contributed by atoms with van der Waals surface area (Å²) in [5, 5.41) is 0. The van der Waals surface area contributed by atoms with Crippen molar-refractivity contribution in [2.75, 3.05) is 14.2 Å². The number of halogens is 1. The van der Waals surface area contributed by atoms with E-state index in [4.69, 9.17) is 14.5 Å². The average Bonchev–Trinajstić information content (AvgIpc) is 3.22. The van der Waals surface area contributed by atoms with Gasteiger partial charge in [0.15, 0.2) is 16.3 Å². The molecule has 6 rings (SSSR count). The smallest absolute Gasteiger partial charge is 0.271 e. The number of para-hydroxylation sites is 1.